The van der Waals surface area contributed by atoms with Crippen molar-refractivity contribution >= 4 is 0 Å². The zero-order valence-corrected chi connectivity index (χ0v) is 16.4. The molecule has 0 unspecified atom stereocenters. The Hall–Kier alpha value is -0.920. The number of unbranched alkanes of at least 4 members (excludes halogenated alkanes) is 12. The average Bonchev–Trinajstić information content (AvgIpc) is 2.60. The number of hydrogen-bond donors (Lipinski definition) is 0. The Labute approximate surface area is 150 Å². The molecule has 0 spiro atoms. The quantitative estimate of drug-likeness (QED) is 0.303. The van der Waals surface area contributed by atoms with Gasteiger partial charge in [-0.3, -0.25) is 0 Å². The van der Waals surface area contributed by atoms with E-state index in [1.165, 1.54) is 101 Å². The third-order valence-corrected chi connectivity index (χ3v) is 4.85. The molecule has 0 amide bonds. The molecule has 1 aromatic rings. The second kappa shape index (κ2) is 15.6. The van der Waals surface area contributed by atoms with Gasteiger partial charge in [-0.25, -0.2) is 9.97 Å². The van der Waals surface area contributed by atoms with E-state index >= 15 is 0 Å². The number of rotatable bonds is 16. The van der Waals surface area contributed by atoms with Crippen LogP contribution in [0, 0.1) is 0 Å². The molecule has 0 aliphatic rings. The van der Waals surface area contributed by atoms with Crippen LogP contribution in [0.1, 0.15) is 115 Å². The standard InChI is InChI=1S/C22H40N2/c1-3-5-7-9-11-13-15-17-21-19-22(24-20-23-21)18-16-14-12-10-8-6-4-2/h19-20H,3-18H2,1-2H3. The van der Waals surface area contributed by atoms with Crippen molar-refractivity contribution in [3.63, 3.8) is 0 Å². The van der Waals surface area contributed by atoms with Gasteiger partial charge in [0.1, 0.15) is 6.33 Å². The summed E-state index contributed by atoms with van der Waals surface area (Å²) in [7, 11) is 0. The number of aryl methyl sites for hydroxylation is 2. The van der Waals surface area contributed by atoms with Crippen molar-refractivity contribution < 1.29 is 0 Å². The van der Waals surface area contributed by atoms with Crippen LogP contribution in [0.15, 0.2) is 12.4 Å². The Morgan fingerprint density at radius 3 is 1.33 bits per heavy atom. The lowest BCUT2D eigenvalue weighted by Crippen LogP contribution is -1.97. The van der Waals surface area contributed by atoms with Gasteiger partial charge in [0, 0.05) is 11.4 Å². The predicted molar refractivity (Wildman–Crippen MR) is 105 cm³/mol. The van der Waals surface area contributed by atoms with E-state index in [4.69, 9.17) is 0 Å². The average molecular weight is 333 g/mol. The van der Waals surface area contributed by atoms with Crippen molar-refractivity contribution in [3.05, 3.63) is 23.8 Å². The lowest BCUT2D eigenvalue weighted by atomic mass is 10.1. The zero-order valence-electron chi connectivity index (χ0n) is 16.4. The maximum absolute atomic E-state index is 4.45. The first-order valence-corrected chi connectivity index (χ1v) is 10.7. The monoisotopic (exact) mass is 332 g/mol. The van der Waals surface area contributed by atoms with E-state index in [0.717, 1.165) is 12.8 Å². The van der Waals surface area contributed by atoms with Crippen LogP contribution >= 0.6 is 0 Å². The van der Waals surface area contributed by atoms with Crippen LogP contribution in [-0.2, 0) is 12.8 Å². The molecule has 0 fully saturated rings. The van der Waals surface area contributed by atoms with E-state index in [2.05, 4.69) is 29.9 Å². The largest absolute Gasteiger partial charge is 0.241 e. The minimum absolute atomic E-state index is 1.13. The van der Waals surface area contributed by atoms with Crippen molar-refractivity contribution in [2.24, 2.45) is 0 Å². The zero-order chi connectivity index (χ0) is 17.3. The van der Waals surface area contributed by atoms with Gasteiger partial charge >= 0.3 is 0 Å². The molecule has 1 heterocycles. The van der Waals surface area contributed by atoms with Crippen molar-refractivity contribution in [2.75, 3.05) is 0 Å². The Morgan fingerprint density at radius 2 is 0.917 bits per heavy atom. The van der Waals surface area contributed by atoms with Gasteiger partial charge in [-0.1, -0.05) is 90.9 Å². The van der Waals surface area contributed by atoms with Gasteiger partial charge in [-0.2, -0.15) is 0 Å². The van der Waals surface area contributed by atoms with Crippen LogP contribution in [0.5, 0.6) is 0 Å². The third-order valence-electron chi connectivity index (χ3n) is 4.85. The number of nitrogens with zero attached hydrogens (tertiary/aromatic N) is 2. The van der Waals surface area contributed by atoms with Crippen LogP contribution < -0.4 is 0 Å². The van der Waals surface area contributed by atoms with E-state index in [1.807, 2.05) is 0 Å². The molecule has 24 heavy (non-hydrogen) atoms. The summed E-state index contributed by atoms with van der Waals surface area (Å²) < 4.78 is 0. The Bertz CT molecular complexity index is 356. The molecule has 0 saturated heterocycles. The lowest BCUT2D eigenvalue weighted by Gasteiger charge is -2.05. The first-order valence-electron chi connectivity index (χ1n) is 10.7. The van der Waals surface area contributed by atoms with Crippen LogP contribution in [0.3, 0.4) is 0 Å². The second-order valence-electron chi connectivity index (χ2n) is 7.24. The highest BCUT2D eigenvalue weighted by molar-refractivity contribution is 5.08. The van der Waals surface area contributed by atoms with Gasteiger partial charge in [0.15, 0.2) is 0 Å². The molecule has 0 radical (unpaired) electrons. The number of hydrogen-bond acceptors (Lipinski definition) is 2. The molecule has 0 atom stereocenters. The highest BCUT2D eigenvalue weighted by Gasteiger charge is 2.00. The fraction of sp³-hybridized carbons (Fsp3) is 0.818. The summed E-state index contributed by atoms with van der Waals surface area (Å²) in [5.41, 5.74) is 2.49. The highest BCUT2D eigenvalue weighted by atomic mass is 14.8. The molecule has 0 aliphatic heterocycles. The van der Waals surface area contributed by atoms with E-state index in [0.29, 0.717) is 0 Å². The van der Waals surface area contributed by atoms with E-state index < -0.39 is 0 Å². The molecule has 0 aliphatic carbocycles. The fourth-order valence-corrected chi connectivity index (χ4v) is 3.24. The summed E-state index contributed by atoms with van der Waals surface area (Å²) in [6, 6.07) is 2.24. The minimum Gasteiger partial charge on any atom is -0.241 e. The number of aromatic nitrogens is 2. The van der Waals surface area contributed by atoms with Crippen LogP contribution in [0.25, 0.3) is 0 Å². The van der Waals surface area contributed by atoms with Crippen LogP contribution in [0.2, 0.25) is 0 Å². The van der Waals surface area contributed by atoms with Gasteiger partial charge in [0.05, 0.1) is 0 Å². The van der Waals surface area contributed by atoms with Crippen molar-refractivity contribution in [3.8, 4) is 0 Å². The van der Waals surface area contributed by atoms with Crippen LogP contribution in [0.4, 0.5) is 0 Å². The molecular formula is C22H40N2. The van der Waals surface area contributed by atoms with Crippen molar-refractivity contribution in [2.45, 2.75) is 117 Å². The van der Waals surface area contributed by atoms with Gasteiger partial charge in [-0.15, -0.1) is 0 Å². The van der Waals surface area contributed by atoms with Gasteiger partial charge < -0.3 is 0 Å². The van der Waals surface area contributed by atoms with Gasteiger partial charge in [0.2, 0.25) is 0 Å². The Morgan fingerprint density at radius 1 is 0.542 bits per heavy atom. The SMILES string of the molecule is CCCCCCCCCc1cc(CCCCCCCCC)ncn1. The summed E-state index contributed by atoms with van der Waals surface area (Å²) in [5.74, 6) is 0. The first-order chi connectivity index (χ1) is 11.9. The molecule has 0 aromatic carbocycles. The normalized spacial score (nSPS) is 11.1. The molecule has 1 rings (SSSR count). The maximum atomic E-state index is 4.45. The fourth-order valence-electron chi connectivity index (χ4n) is 3.24. The minimum atomic E-state index is 1.13. The summed E-state index contributed by atoms with van der Waals surface area (Å²) >= 11 is 0. The summed E-state index contributed by atoms with van der Waals surface area (Å²) in [5, 5.41) is 0. The molecule has 0 N–H and O–H groups in total. The van der Waals surface area contributed by atoms with Crippen LogP contribution in [-0.4, -0.2) is 9.97 Å². The summed E-state index contributed by atoms with van der Waals surface area (Å²) in [6.07, 6.45) is 23.1. The summed E-state index contributed by atoms with van der Waals surface area (Å²) in [6.45, 7) is 4.55. The Balaban J connectivity index is 2.08. The smallest absolute Gasteiger partial charge is 0.115 e. The predicted octanol–water partition coefficient (Wildman–Crippen LogP) is 7.06. The molecule has 1 aromatic heterocycles. The lowest BCUT2D eigenvalue weighted by molar-refractivity contribution is 0.583. The molecule has 138 valence electrons. The first kappa shape index (κ1) is 21.1. The van der Waals surface area contributed by atoms with Crippen molar-refractivity contribution in [1.82, 2.24) is 9.97 Å². The van der Waals surface area contributed by atoms with Gasteiger partial charge in [-0.05, 0) is 31.7 Å². The maximum Gasteiger partial charge on any atom is 0.115 e. The van der Waals surface area contributed by atoms with Gasteiger partial charge in [0.25, 0.3) is 0 Å². The highest BCUT2D eigenvalue weighted by Crippen LogP contribution is 2.12. The van der Waals surface area contributed by atoms with Crippen molar-refractivity contribution in [1.29, 1.82) is 0 Å². The topological polar surface area (TPSA) is 25.8 Å². The molecule has 0 bridgehead atoms. The second-order valence-corrected chi connectivity index (χ2v) is 7.24. The molecular weight excluding hydrogens is 292 g/mol. The Kier molecular flexibility index (Phi) is 13.7. The molecule has 0 saturated carbocycles. The van der Waals surface area contributed by atoms with E-state index in [9.17, 15) is 0 Å². The van der Waals surface area contributed by atoms with E-state index in [-0.39, 0.29) is 0 Å². The molecule has 2 heteroatoms. The molecule has 2 nitrogen and oxygen atoms in total. The third kappa shape index (κ3) is 11.6. The van der Waals surface area contributed by atoms with E-state index in [1.54, 1.807) is 6.33 Å². The summed E-state index contributed by atoms with van der Waals surface area (Å²) in [4.78, 5) is 8.91.